The summed E-state index contributed by atoms with van der Waals surface area (Å²) in [7, 11) is 0. The Balaban J connectivity index is 0.000000335. The zero-order chi connectivity index (χ0) is 41.8. The van der Waals surface area contributed by atoms with E-state index < -0.39 is 12.1 Å². The van der Waals surface area contributed by atoms with Gasteiger partial charge >= 0.3 is 11.9 Å². The lowest BCUT2D eigenvalue weighted by atomic mass is 10.0. The maximum absolute atomic E-state index is 12.4. The number of epoxide rings is 1. The SMILES string of the molecule is C.C=CC(=O)OCCCCOCC(O)COc1ccc(C(=O)c2ccccc2)cc1.C=CC(=O)OCCCCOCC1CO1.O=C(c1ccccc1)c1ccc(O)cc1. The Labute approximate surface area is 347 Å². The van der Waals surface area contributed by atoms with Crippen LogP contribution in [0.1, 0.15) is 65.0 Å². The Morgan fingerprint density at radius 1 is 0.627 bits per heavy atom. The van der Waals surface area contributed by atoms with Gasteiger partial charge in [0.2, 0.25) is 0 Å². The highest BCUT2D eigenvalue weighted by Crippen LogP contribution is 2.16. The number of benzene rings is 4. The second-order valence-electron chi connectivity index (χ2n) is 12.7. The number of ether oxygens (including phenoxy) is 6. The van der Waals surface area contributed by atoms with Crippen LogP contribution in [0.25, 0.3) is 0 Å². The molecule has 4 aromatic carbocycles. The van der Waals surface area contributed by atoms with Crippen molar-refractivity contribution in [2.24, 2.45) is 0 Å². The Morgan fingerprint density at radius 3 is 1.51 bits per heavy atom. The van der Waals surface area contributed by atoms with Crippen LogP contribution in [0.15, 0.2) is 135 Å². The zero-order valence-electron chi connectivity index (χ0n) is 32.6. The predicted molar refractivity (Wildman–Crippen MR) is 225 cm³/mol. The molecule has 1 aliphatic heterocycles. The van der Waals surface area contributed by atoms with E-state index >= 15 is 0 Å². The van der Waals surface area contributed by atoms with Crippen LogP contribution >= 0.6 is 0 Å². The van der Waals surface area contributed by atoms with Crippen LogP contribution < -0.4 is 4.74 Å². The van der Waals surface area contributed by atoms with Crippen molar-refractivity contribution in [3.05, 3.63) is 157 Å². The molecule has 0 radical (unpaired) electrons. The average molecular weight is 813 g/mol. The molecule has 1 fully saturated rings. The topological polar surface area (TPSA) is 167 Å². The summed E-state index contributed by atoms with van der Waals surface area (Å²) >= 11 is 0. The van der Waals surface area contributed by atoms with Crippen molar-refractivity contribution in [3.8, 4) is 11.5 Å². The quantitative estimate of drug-likeness (QED) is 0.0252. The summed E-state index contributed by atoms with van der Waals surface area (Å²) in [4.78, 5) is 45.7. The monoisotopic (exact) mass is 812 g/mol. The molecule has 5 rings (SSSR count). The highest BCUT2D eigenvalue weighted by molar-refractivity contribution is 6.09. The van der Waals surface area contributed by atoms with Gasteiger partial charge in [0.15, 0.2) is 11.6 Å². The van der Waals surface area contributed by atoms with Gasteiger partial charge in [0.25, 0.3) is 0 Å². The number of carbonyl (C=O) groups excluding carboxylic acids is 4. The first-order chi connectivity index (χ1) is 28.2. The number of phenolic OH excluding ortho intramolecular Hbond substituents is 1. The van der Waals surface area contributed by atoms with E-state index in [0.717, 1.165) is 31.9 Å². The molecule has 1 aliphatic rings. The number of carbonyl (C=O) groups is 4. The van der Waals surface area contributed by atoms with Gasteiger partial charge in [-0.2, -0.15) is 0 Å². The van der Waals surface area contributed by atoms with Crippen LogP contribution in [0.5, 0.6) is 11.5 Å². The zero-order valence-corrected chi connectivity index (χ0v) is 32.6. The Hall–Kier alpha value is -5.92. The number of phenols is 1. The summed E-state index contributed by atoms with van der Waals surface area (Å²) in [6.07, 6.45) is 4.98. The average Bonchev–Trinajstić information content (AvgIpc) is 4.10. The number of unbranched alkanes of at least 4 members (excludes halogenated alkanes) is 2. The van der Waals surface area contributed by atoms with E-state index in [4.69, 9.17) is 33.5 Å². The molecule has 2 atom stereocenters. The Morgan fingerprint density at radius 2 is 1.05 bits per heavy atom. The summed E-state index contributed by atoms with van der Waals surface area (Å²) < 4.78 is 30.8. The molecule has 0 bridgehead atoms. The first kappa shape index (κ1) is 49.2. The van der Waals surface area contributed by atoms with Crippen molar-refractivity contribution in [1.82, 2.24) is 0 Å². The van der Waals surface area contributed by atoms with Gasteiger partial charge in [-0.05, 0) is 74.2 Å². The molecule has 1 saturated heterocycles. The largest absolute Gasteiger partial charge is 0.508 e. The molecule has 2 N–H and O–H groups in total. The summed E-state index contributed by atoms with van der Waals surface area (Å²) in [6.45, 7) is 10.3. The second-order valence-corrected chi connectivity index (χ2v) is 12.7. The number of hydrogen-bond donors (Lipinski definition) is 2. The molecule has 0 saturated carbocycles. The number of ketones is 2. The fourth-order valence-electron chi connectivity index (χ4n) is 4.74. The highest BCUT2D eigenvalue weighted by Gasteiger charge is 2.22. The minimum Gasteiger partial charge on any atom is -0.508 e. The fourth-order valence-corrected chi connectivity index (χ4v) is 4.74. The lowest BCUT2D eigenvalue weighted by Crippen LogP contribution is -2.23. The van der Waals surface area contributed by atoms with E-state index in [1.165, 1.54) is 18.2 Å². The normalized spacial score (nSPS) is 12.7. The number of aliphatic hydroxyl groups excluding tert-OH is 1. The van der Waals surface area contributed by atoms with Gasteiger partial charge in [0.1, 0.15) is 30.3 Å². The number of rotatable bonds is 23. The molecule has 0 spiro atoms. The summed E-state index contributed by atoms with van der Waals surface area (Å²) in [5.74, 6) is -0.147. The third-order valence-corrected chi connectivity index (χ3v) is 7.96. The second kappa shape index (κ2) is 29.3. The van der Waals surface area contributed by atoms with E-state index in [1.54, 1.807) is 60.7 Å². The third-order valence-electron chi connectivity index (χ3n) is 7.96. The molecular formula is C47H56O12. The molecule has 2 unspecified atom stereocenters. The van der Waals surface area contributed by atoms with E-state index in [0.29, 0.717) is 73.6 Å². The van der Waals surface area contributed by atoms with Crippen molar-refractivity contribution in [2.45, 2.75) is 45.3 Å². The molecule has 316 valence electrons. The van der Waals surface area contributed by atoms with Crippen molar-refractivity contribution < 1.29 is 57.8 Å². The van der Waals surface area contributed by atoms with Crippen LogP contribution in [-0.2, 0) is 33.3 Å². The minimum atomic E-state index is -0.765. The first-order valence-electron chi connectivity index (χ1n) is 18.9. The molecule has 0 aromatic heterocycles. The lowest BCUT2D eigenvalue weighted by molar-refractivity contribution is -0.138. The summed E-state index contributed by atoms with van der Waals surface area (Å²) in [5.41, 5.74) is 2.45. The molecule has 12 heteroatoms. The van der Waals surface area contributed by atoms with E-state index in [-0.39, 0.29) is 43.9 Å². The minimum absolute atomic E-state index is 0. The molecular weight excluding hydrogens is 757 g/mol. The fraction of sp³-hybridized carbons (Fsp3) is 0.319. The van der Waals surface area contributed by atoms with Gasteiger partial charge in [-0.3, -0.25) is 9.59 Å². The van der Waals surface area contributed by atoms with Gasteiger partial charge in [0, 0.05) is 47.6 Å². The molecule has 1 heterocycles. The number of hydrogen-bond acceptors (Lipinski definition) is 12. The van der Waals surface area contributed by atoms with Crippen LogP contribution in [0.4, 0.5) is 0 Å². The van der Waals surface area contributed by atoms with Crippen LogP contribution in [0, 0.1) is 0 Å². The number of aromatic hydroxyl groups is 1. The van der Waals surface area contributed by atoms with Crippen LogP contribution in [0.3, 0.4) is 0 Å². The molecule has 0 aliphatic carbocycles. The van der Waals surface area contributed by atoms with Gasteiger partial charge in [-0.15, -0.1) is 0 Å². The van der Waals surface area contributed by atoms with Crippen LogP contribution in [-0.4, -0.2) is 98.8 Å². The summed E-state index contributed by atoms with van der Waals surface area (Å²) in [5, 5.41) is 19.0. The lowest BCUT2D eigenvalue weighted by Gasteiger charge is -2.13. The Kier molecular flexibility index (Phi) is 24.5. The highest BCUT2D eigenvalue weighted by atomic mass is 16.6. The van der Waals surface area contributed by atoms with Crippen molar-refractivity contribution in [2.75, 3.05) is 52.9 Å². The smallest absolute Gasteiger partial charge is 0.330 e. The van der Waals surface area contributed by atoms with Gasteiger partial charge in [-0.1, -0.05) is 81.2 Å². The predicted octanol–water partition coefficient (Wildman–Crippen LogP) is 7.35. The van der Waals surface area contributed by atoms with Crippen molar-refractivity contribution in [3.63, 3.8) is 0 Å². The molecule has 0 amide bonds. The third kappa shape index (κ3) is 21.4. The first-order valence-corrected chi connectivity index (χ1v) is 18.9. The summed E-state index contributed by atoms with van der Waals surface area (Å²) in [6, 6.07) is 31.2. The number of aliphatic hydroxyl groups is 1. The van der Waals surface area contributed by atoms with E-state index in [1.807, 2.05) is 36.4 Å². The van der Waals surface area contributed by atoms with Gasteiger partial charge in [-0.25, -0.2) is 9.59 Å². The molecule has 59 heavy (non-hydrogen) atoms. The maximum Gasteiger partial charge on any atom is 0.330 e. The van der Waals surface area contributed by atoms with E-state index in [2.05, 4.69) is 13.2 Å². The van der Waals surface area contributed by atoms with Gasteiger partial charge < -0.3 is 38.6 Å². The van der Waals surface area contributed by atoms with Gasteiger partial charge in [0.05, 0.1) is 33.0 Å². The molecule has 4 aromatic rings. The Bertz CT molecular complexity index is 1810. The maximum atomic E-state index is 12.4. The number of esters is 2. The van der Waals surface area contributed by atoms with Crippen molar-refractivity contribution >= 4 is 23.5 Å². The van der Waals surface area contributed by atoms with E-state index in [9.17, 15) is 24.3 Å². The molecule has 12 nitrogen and oxygen atoms in total. The van der Waals surface area contributed by atoms with Crippen LogP contribution in [0.2, 0.25) is 0 Å². The van der Waals surface area contributed by atoms with Crippen molar-refractivity contribution in [1.29, 1.82) is 0 Å². The standard InChI is InChI=1S/C23H26O6.C13H10O2.C10H16O4.CH4/c1-2-22(25)28-15-7-6-14-27-16-20(24)17-29-21-12-10-19(11-13-21)23(26)18-8-4-3-5-9-18;14-12-8-6-11(7-9-12)13(15)10-4-2-1-3-5-10;1-2-10(11)13-6-4-3-5-12-7-9-8-14-9;/h2-5,8-13,20,24H,1,6-7,14-17H2;1-9,14H;2,9H,1,3-8H2;1H4.